The summed E-state index contributed by atoms with van der Waals surface area (Å²) in [5, 5.41) is 2.58. The van der Waals surface area contributed by atoms with Crippen molar-refractivity contribution in [2.75, 3.05) is 16.6 Å². The molecule has 0 heterocycles. The van der Waals surface area contributed by atoms with E-state index >= 15 is 0 Å². The zero-order valence-electron chi connectivity index (χ0n) is 18.8. The monoisotopic (exact) mass is 470 g/mol. The van der Waals surface area contributed by atoms with Gasteiger partial charge in [-0.05, 0) is 61.2 Å². The lowest BCUT2D eigenvalue weighted by atomic mass is 10.0. The summed E-state index contributed by atoms with van der Waals surface area (Å²) in [5.41, 5.74) is 2.31. The Kier molecular flexibility index (Phi) is 7.71. The number of carbonyl (C=O) groups excluding carboxylic acids is 1. The van der Waals surface area contributed by atoms with Crippen molar-refractivity contribution >= 4 is 27.3 Å². The van der Waals surface area contributed by atoms with E-state index in [-0.39, 0.29) is 21.9 Å². The molecule has 2 N–H and O–H groups in total. The number of amides is 1. The number of carbonyl (C=O) groups is 1. The fourth-order valence-electron chi connectivity index (χ4n) is 3.46. The third kappa shape index (κ3) is 5.51. The molecule has 0 fully saturated rings. The molecular formula is C25H27FN2O4S. The van der Waals surface area contributed by atoms with Gasteiger partial charge in [-0.2, -0.15) is 0 Å². The van der Waals surface area contributed by atoms with Crippen LogP contribution in [0.3, 0.4) is 0 Å². The van der Waals surface area contributed by atoms with Gasteiger partial charge in [-0.25, -0.2) is 12.8 Å². The van der Waals surface area contributed by atoms with E-state index in [1.807, 2.05) is 32.0 Å². The van der Waals surface area contributed by atoms with Crippen LogP contribution in [-0.2, 0) is 22.9 Å². The van der Waals surface area contributed by atoms with E-state index in [0.29, 0.717) is 25.1 Å². The van der Waals surface area contributed by atoms with Gasteiger partial charge in [0, 0.05) is 0 Å². The van der Waals surface area contributed by atoms with E-state index in [1.165, 1.54) is 36.4 Å². The topological polar surface area (TPSA) is 84.5 Å². The predicted octanol–water partition coefficient (Wildman–Crippen LogP) is 5.40. The maximum absolute atomic E-state index is 14.0. The minimum Gasteiger partial charge on any atom is -0.492 e. The van der Waals surface area contributed by atoms with E-state index in [9.17, 15) is 17.6 Å². The molecule has 0 aromatic heterocycles. The molecule has 0 aliphatic rings. The van der Waals surface area contributed by atoms with Gasteiger partial charge in [0.15, 0.2) is 0 Å². The molecule has 0 aliphatic heterocycles. The highest BCUT2D eigenvalue weighted by molar-refractivity contribution is 7.92. The largest absolute Gasteiger partial charge is 0.492 e. The second-order valence-corrected chi connectivity index (χ2v) is 8.97. The van der Waals surface area contributed by atoms with Gasteiger partial charge >= 0.3 is 0 Å². The number of hydrogen-bond donors (Lipinski definition) is 2. The zero-order valence-corrected chi connectivity index (χ0v) is 19.6. The Hall–Kier alpha value is -3.39. The smallest absolute Gasteiger partial charge is 0.261 e. The summed E-state index contributed by atoms with van der Waals surface area (Å²) in [6.07, 6.45) is 1.33. The molecule has 174 valence electrons. The van der Waals surface area contributed by atoms with Gasteiger partial charge in [0.25, 0.3) is 15.9 Å². The van der Waals surface area contributed by atoms with Crippen molar-refractivity contribution in [2.45, 2.75) is 38.5 Å². The zero-order chi connectivity index (χ0) is 24.0. The lowest BCUT2D eigenvalue weighted by molar-refractivity contribution is 0.102. The summed E-state index contributed by atoms with van der Waals surface area (Å²) in [7, 11) is -3.97. The third-order valence-corrected chi connectivity index (χ3v) is 6.51. The number of rotatable bonds is 9. The summed E-state index contributed by atoms with van der Waals surface area (Å²) < 4.78 is 48.8. The fraction of sp³-hybridized carbons (Fsp3) is 0.240. The van der Waals surface area contributed by atoms with Crippen molar-refractivity contribution in [3.63, 3.8) is 0 Å². The Morgan fingerprint density at radius 1 is 0.939 bits per heavy atom. The molecule has 3 rings (SSSR count). The van der Waals surface area contributed by atoms with Crippen LogP contribution in [0.2, 0.25) is 0 Å². The predicted molar refractivity (Wildman–Crippen MR) is 128 cm³/mol. The first kappa shape index (κ1) is 24.3. The van der Waals surface area contributed by atoms with Crippen molar-refractivity contribution in [3.05, 3.63) is 83.2 Å². The Bertz CT molecular complexity index is 1240. The summed E-state index contributed by atoms with van der Waals surface area (Å²) in [4.78, 5) is 12.6. The third-order valence-electron chi connectivity index (χ3n) is 5.16. The maximum atomic E-state index is 14.0. The van der Waals surface area contributed by atoms with E-state index in [2.05, 4.69) is 10.0 Å². The van der Waals surface area contributed by atoms with Crippen LogP contribution in [0.1, 0.15) is 42.3 Å². The Morgan fingerprint density at radius 2 is 1.61 bits per heavy atom. The van der Waals surface area contributed by atoms with Crippen molar-refractivity contribution in [1.29, 1.82) is 0 Å². The molecule has 3 aromatic rings. The van der Waals surface area contributed by atoms with Gasteiger partial charge in [0.05, 0.1) is 28.4 Å². The number of para-hydroxylation sites is 1. The first-order valence-electron chi connectivity index (χ1n) is 10.8. The highest BCUT2D eigenvalue weighted by atomic mass is 32.2. The number of aryl methyl sites for hydroxylation is 2. The van der Waals surface area contributed by atoms with Gasteiger partial charge in [0.1, 0.15) is 11.6 Å². The van der Waals surface area contributed by atoms with Gasteiger partial charge in [-0.3, -0.25) is 9.52 Å². The molecule has 0 saturated heterocycles. The molecule has 0 spiro atoms. The molecule has 8 heteroatoms. The summed E-state index contributed by atoms with van der Waals surface area (Å²) in [6.45, 7) is 5.99. The van der Waals surface area contributed by atoms with Gasteiger partial charge < -0.3 is 10.1 Å². The summed E-state index contributed by atoms with van der Waals surface area (Å²) in [5.74, 6) is -1.10. The molecule has 33 heavy (non-hydrogen) atoms. The Balaban J connectivity index is 1.99. The molecular weight excluding hydrogens is 443 g/mol. The lowest BCUT2D eigenvalue weighted by Crippen LogP contribution is -2.18. The van der Waals surface area contributed by atoms with E-state index in [1.54, 1.807) is 13.0 Å². The number of anilines is 2. The quantitative estimate of drug-likeness (QED) is 0.438. The highest BCUT2D eigenvalue weighted by Crippen LogP contribution is 2.31. The molecule has 1 amide bonds. The van der Waals surface area contributed by atoms with Crippen molar-refractivity contribution < 1.29 is 22.3 Å². The Labute approximate surface area is 193 Å². The molecule has 6 nitrogen and oxygen atoms in total. The van der Waals surface area contributed by atoms with Gasteiger partial charge in [0.2, 0.25) is 0 Å². The molecule has 3 aromatic carbocycles. The number of ether oxygens (including phenoxy) is 1. The first-order valence-corrected chi connectivity index (χ1v) is 12.2. The van der Waals surface area contributed by atoms with Crippen LogP contribution in [0.15, 0.2) is 65.6 Å². The normalized spacial score (nSPS) is 11.2. The van der Waals surface area contributed by atoms with E-state index < -0.39 is 21.7 Å². The fourth-order valence-corrected chi connectivity index (χ4v) is 4.63. The summed E-state index contributed by atoms with van der Waals surface area (Å²) >= 11 is 0. The van der Waals surface area contributed by atoms with Crippen LogP contribution in [-0.4, -0.2) is 20.9 Å². The van der Waals surface area contributed by atoms with Gasteiger partial charge in [-0.1, -0.05) is 44.2 Å². The van der Waals surface area contributed by atoms with Gasteiger partial charge in [-0.15, -0.1) is 0 Å². The highest BCUT2D eigenvalue weighted by Gasteiger charge is 2.21. The summed E-state index contributed by atoms with van der Waals surface area (Å²) in [6, 6.07) is 15.4. The van der Waals surface area contributed by atoms with Crippen molar-refractivity contribution in [3.8, 4) is 5.75 Å². The van der Waals surface area contributed by atoms with Crippen LogP contribution in [0.5, 0.6) is 5.75 Å². The average Bonchev–Trinajstić information content (AvgIpc) is 2.80. The average molecular weight is 471 g/mol. The van der Waals surface area contributed by atoms with Crippen molar-refractivity contribution in [1.82, 2.24) is 0 Å². The maximum Gasteiger partial charge on any atom is 0.261 e. The second kappa shape index (κ2) is 10.5. The number of sulfonamides is 1. The van der Waals surface area contributed by atoms with E-state index in [0.717, 1.165) is 11.1 Å². The Morgan fingerprint density at radius 3 is 2.21 bits per heavy atom. The molecule has 0 saturated carbocycles. The van der Waals surface area contributed by atoms with Crippen LogP contribution >= 0.6 is 0 Å². The minimum absolute atomic E-state index is 0.0530. The molecule has 0 radical (unpaired) electrons. The molecule has 0 bridgehead atoms. The first-order chi connectivity index (χ1) is 15.8. The van der Waals surface area contributed by atoms with Crippen molar-refractivity contribution in [2.24, 2.45) is 0 Å². The number of benzene rings is 3. The molecule has 0 aliphatic carbocycles. The number of halogens is 1. The number of hydrogen-bond acceptors (Lipinski definition) is 4. The lowest BCUT2D eigenvalue weighted by Gasteiger charge is -2.17. The van der Waals surface area contributed by atoms with Crippen LogP contribution in [0.25, 0.3) is 0 Å². The standard InChI is InChI=1S/C25H27FN2O4S/c1-4-17-10-9-11-18(5-2)24(17)28-33(30,31)19-14-15-23(32-6-3)22(16-19)27-25(29)20-12-7-8-13-21(20)26/h7-16,28H,4-6H2,1-3H3,(H,27,29). The van der Waals surface area contributed by atoms with Crippen LogP contribution in [0.4, 0.5) is 15.8 Å². The second-order valence-electron chi connectivity index (χ2n) is 7.29. The number of nitrogens with one attached hydrogen (secondary N) is 2. The minimum atomic E-state index is -3.97. The molecule has 0 atom stereocenters. The SMILES string of the molecule is CCOc1ccc(S(=O)(=O)Nc2c(CC)cccc2CC)cc1NC(=O)c1ccccc1F. The van der Waals surface area contributed by atoms with Crippen LogP contribution < -0.4 is 14.8 Å². The van der Waals surface area contributed by atoms with E-state index in [4.69, 9.17) is 4.74 Å². The van der Waals surface area contributed by atoms with Crippen LogP contribution in [0, 0.1) is 5.82 Å². The molecule has 0 unspecified atom stereocenters.